The first kappa shape index (κ1) is 16.6. The summed E-state index contributed by atoms with van der Waals surface area (Å²) in [6.45, 7) is 5.88. The Morgan fingerprint density at radius 2 is 1.95 bits per heavy atom. The molecule has 0 aromatic carbocycles. The van der Waals surface area contributed by atoms with E-state index in [0.717, 1.165) is 45.1 Å². The van der Waals surface area contributed by atoms with Crippen LogP contribution in [0.1, 0.15) is 52.4 Å². The van der Waals surface area contributed by atoms with Crippen molar-refractivity contribution in [2.75, 3.05) is 13.2 Å². The first-order chi connectivity index (χ1) is 10.1. The van der Waals surface area contributed by atoms with Gasteiger partial charge in [-0.15, -0.1) is 0 Å². The molecular formula is C16H30N2O3. The Labute approximate surface area is 127 Å². The molecule has 2 aliphatic rings. The summed E-state index contributed by atoms with van der Waals surface area (Å²) in [5.74, 6) is 0.901. The number of hydrogen-bond donors (Lipinski definition) is 3. The molecule has 0 radical (unpaired) electrons. The molecule has 0 aromatic rings. The third-order valence-corrected chi connectivity index (χ3v) is 4.71. The van der Waals surface area contributed by atoms with Crippen LogP contribution >= 0.6 is 0 Å². The van der Waals surface area contributed by atoms with Crippen molar-refractivity contribution in [1.29, 1.82) is 0 Å². The van der Waals surface area contributed by atoms with E-state index < -0.39 is 0 Å². The second kappa shape index (κ2) is 7.99. The quantitative estimate of drug-likeness (QED) is 0.744. The summed E-state index contributed by atoms with van der Waals surface area (Å²) in [6, 6.07) is 0.126. The molecule has 1 saturated carbocycles. The van der Waals surface area contributed by atoms with Crippen LogP contribution in [0, 0.1) is 11.8 Å². The normalized spacial score (nSPS) is 33.7. The molecule has 21 heavy (non-hydrogen) atoms. The van der Waals surface area contributed by atoms with Crippen molar-refractivity contribution >= 4 is 6.03 Å². The number of nitrogens with one attached hydrogen (secondary N) is 2. The van der Waals surface area contributed by atoms with Crippen LogP contribution in [-0.4, -0.2) is 42.5 Å². The van der Waals surface area contributed by atoms with Crippen molar-refractivity contribution in [3.05, 3.63) is 0 Å². The van der Waals surface area contributed by atoms with Gasteiger partial charge in [0.2, 0.25) is 0 Å². The van der Waals surface area contributed by atoms with Gasteiger partial charge >= 0.3 is 6.03 Å². The second-order valence-electron chi connectivity index (χ2n) is 6.84. The van der Waals surface area contributed by atoms with E-state index in [0.29, 0.717) is 18.4 Å². The highest BCUT2D eigenvalue weighted by Crippen LogP contribution is 2.25. The van der Waals surface area contributed by atoms with Crippen LogP contribution < -0.4 is 10.6 Å². The van der Waals surface area contributed by atoms with Crippen LogP contribution in [-0.2, 0) is 4.74 Å². The topological polar surface area (TPSA) is 70.6 Å². The molecule has 2 unspecified atom stereocenters. The average Bonchev–Trinajstić information content (AvgIpc) is 2.48. The van der Waals surface area contributed by atoms with E-state index >= 15 is 0 Å². The minimum Gasteiger partial charge on any atom is -0.393 e. The Hall–Kier alpha value is -0.810. The van der Waals surface area contributed by atoms with Crippen molar-refractivity contribution < 1.29 is 14.6 Å². The van der Waals surface area contributed by atoms with Gasteiger partial charge in [-0.1, -0.05) is 13.8 Å². The molecule has 3 N–H and O–H groups in total. The van der Waals surface area contributed by atoms with Gasteiger partial charge in [0.05, 0.1) is 12.2 Å². The lowest BCUT2D eigenvalue weighted by atomic mass is 9.87. The van der Waals surface area contributed by atoms with Gasteiger partial charge in [0.15, 0.2) is 0 Å². The van der Waals surface area contributed by atoms with Crippen LogP contribution in [0.2, 0.25) is 0 Å². The third-order valence-electron chi connectivity index (χ3n) is 4.71. The second-order valence-corrected chi connectivity index (χ2v) is 6.84. The predicted molar refractivity (Wildman–Crippen MR) is 82.1 cm³/mol. The number of rotatable bonds is 4. The molecule has 1 saturated heterocycles. The average molecular weight is 298 g/mol. The molecule has 2 amide bonds. The number of aliphatic hydroxyl groups excluding tert-OH is 1. The zero-order valence-electron chi connectivity index (χ0n) is 13.3. The Kier molecular flexibility index (Phi) is 6.30. The Morgan fingerprint density at radius 1 is 1.24 bits per heavy atom. The first-order valence-corrected chi connectivity index (χ1v) is 8.40. The van der Waals surface area contributed by atoms with Crippen LogP contribution in [0.25, 0.3) is 0 Å². The van der Waals surface area contributed by atoms with Crippen molar-refractivity contribution in [2.45, 2.75) is 70.6 Å². The summed E-state index contributed by atoms with van der Waals surface area (Å²) in [6.07, 6.45) is 5.59. The lowest BCUT2D eigenvalue weighted by Crippen LogP contribution is -2.47. The SMILES string of the molecule is CC(C)C1OCCCC1CNC(=O)NC1CCC(O)CC1. The molecule has 2 fully saturated rings. The minimum atomic E-state index is -0.183. The van der Waals surface area contributed by atoms with E-state index in [1.165, 1.54) is 0 Å². The van der Waals surface area contributed by atoms with E-state index in [4.69, 9.17) is 4.74 Å². The van der Waals surface area contributed by atoms with Crippen molar-refractivity contribution in [2.24, 2.45) is 11.8 Å². The largest absolute Gasteiger partial charge is 0.393 e. The molecule has 1 aliphatic heterocycles. The summed E-state index contributed by atoms with van der Waals surface area (Å²) in [7, 11) is 0. The Bertz CT molecular complexity index is 327. The van der Waals surface area contributed by atoms with E-state index in [1.807, 2.05) is 0 Å². The highest BCUT2D eigenvalue weighted by atomic mass is 16.5. The van der Waals surface area contributed by atoms with Gasteiger partial charge in [0.1, 0.15) is 0 Å². The van der Waals surface area contributed by atoms with Crippen LogP contribution in [0.4, 0.5) is 4.79 Å². The predicted octanol–water partition coefficient (Wildman–Crippen LogP) is 2.04. The van der Waals surface area contributed by atoms with Crippen molar-refractivity contribution in [1.82, 2.24) is 10.6 Å². The zero-order chi connectivity index (χ0) is 15.2. The van der Waals surface area contributed by atoms with Gasteiger partial charge in [0, 0.05) is 25.1 Å². The number of amides is 2. The zero-order valence-corrected chi connectivity index (χ0v) is 13.3. The molecule has 0 aromatic heterocycles. The standard InChI is InChI=1S/C16H30N2O3/c1-11(2)15-12(4-3-9-21-15)10-17-16(20)18-13-5-7-14(19)8-6-13/h11-15,19H,3-10H2,1-2H3,(H2,17,18,20). The molecule has 5 nitrogen and oxygen atoms in total. The molecular weight excluding hydrogens is 268 g/mol. The summed E-state index contributed by atoms with van der Waals surface area (Å²) in [4.78, 5) is 12.0. The monoisotopic (exact) mass is 298 g/mol. The summed E-state index contributed by atoms with van der Waals surface area (Å²) < 4.78 is 5.85. The van der Waals surface area contributed by atoms with Gasteiger partial charge in [-0.2, -0.15) is 0 Å². The van der Waals surface area contributed by atoms with E-state index in [-0.39, 0.29) is 24.3 Å². The Balaban J connectivity index is 1.70. The van der Waals surface area contributed by atoms with Crippen LogP contribution in [0.3, 0.4) is 0 Å². The fourth-order valence-corrected chi connectivity index (χ4v) is 3.50. The summed E-state index contributed by atoms with van der Waals surface area (Å²) >= 11 is 0. The van der Waals surface area contributed by atoms with Gasteiger partial charge < -0.3 is 20.5 Å². The molecule has 2 atom stereocenters. The van der Waals surface area contributed by atoms with Crippen LogP contribution in [0.5, 0.6) is 0 Å². The molecule has 122 valence electrons. The van der Waals surface area contributed by atoms with Gasteiger partial charge in [-0.3, -0.25) is 0 Å². The molecule has 0 bridgehead atoms. The van der Waals surface area contributed by atoms with Crippen LogP contribution in [0.15, 0.2) is 0 Å². The summed E-state index contributed by atoms with van der Waals surface area (Å²) in [5.41, 5.74) is 0. The van der Waals surface area contributed by atoms with Crippen molar-refractivity contribution in [3.8, 4) is 0 Å². The Morgan fingerprint density at radius 3 is 2.62 bits per heavy atom. The number of carbonyl (C=O) groups is 1. The number of urea groups is 1. The lowest BCUT2D eigenvalue weighted by molar-refractivity contribution is -0.0508. The van der Waals surface area contributed by atoms with E-state index in [1.54, 1.807) is 0 Å². The summed E-state index contributed by atoms with van der Waals surface area (Å²) in [5, 5.41) is 15.5. The molecule has 1 aliphatic carbocycles. The maximum absolute atomic E-state index is 12.0. The fraction of sp³-hybridized carbons (Fsp3) is 0.938. The van der Waals surface area contributed by atoms with Gasteiger partial charge in [0.25, 0.3) is 0 Å². The number of hydrogen-bond acceptors (Lipinski definition) is 3. The molecule has 1 heterocycles. The highest BCUT2D eigenvalue weighted by Gasteiger charge is 2.29. The van der Waals surface area contributed by atoms with Crippen molar-refractivity contribution in [3.63, 3.8) is 0 Å². The van der Waals surface area contributed by atoms with Gasteiger partial charge in [-0.05, 0) is 44.4 Å². The molecule has 2 rings (SSSR count). The molecule has 5 heteroatoms. The highest BCUT2D eigenvalue weighted by molar-refractivity contribution is 5.74. The van der Waals surface area contributed by atoms with Gasteiger partial charge in [-0.25, -0.2) is 4.79 Å². The first-order valence-electron chi connectivity index (χ1n) is 8.40. The minimum absolute atomic E-state index is 0.0792. The number of aliphatic hydroxyl groups is 1. The van der Waals surface area contributed by atoms with E-state index in [2.05, 4.69) is 24.5 Å². The third kappa shape index (κ3) is 5.15. The van der Waals surface area contributed by atoms with E-state index in [9.17, 15) is 9.90 Å². The fourth-order valence-electron chi connectivity index (χ4n) is 3.50. The smallest absolute Gasteiger partial charge is 0.315 e. The number of ether oxygens (including phenoxy) is 1. The molecule has 0 spiro atoms. The maximum Gasteiger partial charge on any atom is 0.315 e. The number of carbonyl (C=O) groups excluding carboxylic acids is 1. The lowest BCUT2D eigenvalue weighted by Gasteiger charge is -2.34. The maximum atomic E-state index is 12.0.